The summed E-state index contributed by atoms with van der Waals surface area (Å²) in [7, 11) is 3.44. The van der Waals surface area contributed by atoms with Gasteiger partial charge in [-0.25, -0.2) is 0 Å². The molecule has 1 aromatic rings. The number of ether oxygens (including phenoxy) is 1. The SMILES string of the molecule is CN=C(NCc1ccccc1CN1CCCC1=O)NC(C)COC. The minimum Gasteiger partial charge on any atom is -0.383 e. The van der Waals surface area contributed by atoms with Gasteiger partial charge in [0.05, 0.1) is 6.61 Å². The first kappa shape index (κ1) is 18.3. The summed E-state index contributed by atoms with van der Waals surface area (Å²) >= 11 is 0. The molecule has 0 bridgehead atoms. The van der Waals surface area contributed by atoms with Crippen LogP contribution in [0.15, 0.2) is 29.3 Å². The van der Waals surface area contributed by atoms with E-state index in [0.29, 0.717) is 26.1 Å². The van der Waals surface area contributed by atoms with Gasteiger partial charge in [0.15, 0.2) is 5.96 Å². The predicted molar refractivity (Wildman–Crippen MR) is 95.8 cm³/mol. The lowest BCUT2D eigenvalue weighted by Gasteiger charge is -2.20. The Balaban J connectivity index is 1.95. The van der Waals surface area contributed by atoms with E-state index in [2.05, 4.69) is 27.8 Å². The van der Waals surface area contributed by atoms with Crippen LogP contribution in [0, 0.1) is 0 Å². The predicted octanol–water partition coefficient (Wildman–Crippen LogP) is 1.51. The van der Waals surface area contributed by atoms with Gasteiger partial charge in [-0.1, -0.05) is 24.3 Å². The number of benzene rings is 1. The Morgan fingerprint density at radius 3 is 2.75 bits per heavy atom. The fraction of sp³-hybridized carbons (Fsp3) is 0.556. The number of guanidine groups is 1. The summed E-state index contributed by atoms with van der Waals surface area (Å²) in [6.07, 6.45) is 1.64. The Morgan fingerprint density at radius 2 is 2.12 bits per heavy atom. The van der Waals surface area contributed by atoms with Gasteiger partial charge in [-0.05, 0) is 24.5 Å². The van der Waals surface area contributed by atoms with E-state index in [0.717, 1.165) is 18.9 Å². The van der Waals surface area contributed by atoms with E-state index in [1.54, 1.807) is 14.2 Å². The van der Waals surface area contributed by atoms with Gasteiger partial charge in [0.2, 0.25) is 5.91 Å². The number of rotatable bonds is 7. The van der Waals surface area contributed by atoms with Crippen molar-refractivity contribution >= 4 is 11.9 Å². The highest BCUT2D eigenvalue weighted by Crippen LogP contribution is 2.17. The van der Waals surface area contributed by atoms with Crippen molar-refractivity contribution in [2.45, 2.75) is 38.9 Å². The van der Waals surface area contributed by atoms with E-state index >= 15 is 0 Å². The third-order valence-corrected chi connectivity index (χ3v) is 4.12. The fourth-order valence-electron chi connectivity index (χ4n) is 2.86. The maximum absolute atomic E-state index is 11.9. The summed E-state index contributed by atoms with van der Waals surface area (Å²) in [5.41, 5.74) is 2.36. The van der Waals surface area contributed by atoms with Crippen LogP contribution in [0.5, 0.6) is 0 Å². The van der Waals surface area contributed by atoms with Crippen LogP contribution in [-0.2, 0) is 22.6 Å². The molecule has 1 unspecified atom stereocenters. The number of aliphatic imine (C=N–C) groups is 1. The zero-order valence-corrected chi connectivity index (χ0v) is 14.8. The van der Waals surface area contributed by atoms with E-state index in [4.69, 9.17) is 4.74 Å². The van der Waals surface area contributed by atoms with Crippen molar-refractivity contribution in [1.82, 2.24) is 15.5 Å². The van der Waals surface area contributed by atoms with Crippen molar-refractivity contribution in [3.63, 3.8) is 0 Å². The minimum atomic E-state index is 0.179. The second-order valence-corrected chi connectivity index (χ2v) is 6.11. The molecule has 0 saturated carbocycles. The van der Waals surface area contributed by atoms with Crippen molar-refractivity contribution in [3.05, 3.63) is 35.4 Å². The summed E-state index contributed by atoms with van der Waals surface area (Å²) in [5, 5.41) is 6.62. The van der Waals surface area contributed by atoms with Gasteiger partial charge in [-0.3, -0.25) is 9.79 Å². The smallest absolute Gasteiger partial charge is 0.222 e. The second kappa shape index (κ2) is 9.27. The van der Waals surface area contributed by atoms with Crippen molar-refractivity contribution < 1.29 is 9.53 Å². The number of hydrogen-bond acceptors (Lipinski definition) is 3. The van der Waals surface area contributed by atoms with Crippen LogP contribution in [0.25, 0.3) is 0 Å². The molecule has 0 aliphatic carbocycles. The van der Waals surface area contributed by atoms with Gasteiger partial charge < -0.3 is 20.3 Å². The molecule has 1 saturated heterocycles. The number of methoxy groups -OCH3 is 1. The maximum Gasteiger partial charge on any atom is 0.222 e. The van der Waals surface area contributed by atoms with Crippen LogP contribution in [0.1, 0.15) is 30.9 Å². The van der Waals surface area contributed by atoms with Crippen molar-refractivity contribution in [3.8, 4) is 0 Å². The van der Waals surface area contributed by atoms with Crippen molar-refractivity contribution in [1.29, 1.82) is 0 Å². The Hall–Kier alpha value is -2.08. The zero-order valence-electron chi connectivity index (χ0n) is 14.8. The Kier molecular flexibility index (Phi) is 7.06. The van der Waals surface area contributed by atoms with Crippen LogP contribution in [0.2, 0.25) is 0 Å². The molecule has 1 aliphatic heterocycles. The average Bonchev–Trinajstić information content (AvgIpc) is 2.98. The lowest BCUT2D eigenvalue weighted by molar-refractivity contribution is -0.128. The fourth-order valence-corrected chi connectivity index (χ4v) is 2.86. The lowest BCUT2D eigenvalue weighted by atomic mass is 10.1. The quantitative estimate of drug-likeness (QED) is 0.587. The number of nitrogens with zero attached hydrogens (tertiary/aromatic N) is 2. The van der Waals surface area contributed by atoms with E-state index < -0.39 is 0 Å². The van der Waals surface area contributed by atoms with Gasteiger partial charge in [0.25, 0.3) is 0 Å². The largest absolute Gasteiger partial charge is 0.383 e. The monoisotopic (exact) mass is 332 g/mol. The topological polar surface area (TPSA) is 66.0 Å². The van der Waals surface area contributed by atoms with Crippen LogP contribution < -0.4 is 10.6 Å². The number of likely N-dealkylation sites (tertiary alicyclic amines) is 1. The minimum absolute atomic E-state index is 0.179. The molecular weight excluding hydrogens is 304 g/mol. The molecule has 1 fully saturated rings. The highest BCUT2D eigenvalue weighted by atomic mass is 16.5. The molecule has 1 amide bonds. The van der Waals surface area contributed by atoms with Gasteiger partial charge in [0.1, 0.15) is 0 Å². The van der Waals surface area contributed by atoms with E-state index in [1.807, 2.05) is 24.0 Å². The highest BCUT2D eigenvalue weighted by Gasteiger charge is 2.20. The Labute approximate surface area is 144 Å². The van der Waals surface area contributed by atoms with E-state index in [-0.39, 0.29) is 11.9 Å². The molecule has 1 atom stereocenters. The van der Waals surface area contributed by atoms with Gasteiger partial charge in [0, 0.05) is 46.3 Å². The molecule has 1 aliphatic rings. The van der Waals surface area contributed by atoms with E-state index in [9.17, 15) is 4.79 Å². The molecule has 2 rings (SSSR count). The Morgan fingerprint density at radius 1 is 1.38 bits per heavy atom. The van der Waals surface area contributed by atoms with E-state index in [1.165, 1.54) is 11.1 Å². The summed E-state index contributed by atoms with van der Waals surface area (Å²) in [5.74, 6) is 0.996. The first-order valence-corrected chi connectivity index (χ1v) is 8.44. The van der Waals surface area contributed by atoms with Crippen LogP contribution in [0.4, 0.5) is 0 Å². The van der Waals surface area contributed by atoms with Gasteiger partial charge in [-0.15, -0.1) is 0 Å². The molecule has 1 heterocycles. The maximum atomic E-state index is 11.9. The van der Waals surface area contributed by atoms with Crippen molar-refractivity contribution in [2.24, 2.45) is 4.99 Å². The summed E-state index contributed by atoms with van der Waals surface area (Å²) in [6, 6.07) is 8.41. The summed E-state index contributed by atoms with van der Waals surface area (Å²) < 4.78 is 5.13. The van der Waals surface area contributed by atoms with Crippen LogP contribution in [0.3, 0.4) is 0 Å². The number of carbonyl (C=O) groups excluding carboxylic acids is 1. The van der Waals surface area contributed by atoms with Crippen LogP contribution in [-0.4, -0.2) is 50.1 Å². The van der Waals surface area contributed by atoms with Crippen LogP contribution >= 0.6 is 0 Å². The zero-order chi connectivity index (χ0) is 17.4. The number of nitrogens with one attached hydrogen (secondary N) is 2. The molecule has 6 heteroatoms. The summed E-state index contributed by atoms with van der Waals surface area (Å²) in [4.78, 5) is 18.0. The molecule has 132 valence electrons. The first-order chi connectivity index (χ1) is 11.6. The van der Waals surface area contributed by atoms with Gasteiger partial charge in [-0.2, -0.15) is 0 Å². The number of hydrogen-bond donors (Lipinski definition) is 2. The lowest BCUT2D eigenvalue weighted by Crippen LogP contribution is -2.43. The van der Waals surface area contributed by atoms with Crippen molar-refractivity contribution in [2.75, 3.05) is 27.3 Å². The Bertz CT molecular complexity index is 574. The normalized spacial score (nSPS) is 16.4. The molecular formula is C18H28N4O2. The molecule has 1 aromatic carbocycles. The average molecular weight is 332 g/mol. The molecule has 0 aromatic heterocycles. The number of carbonyl (C=O) groups is 1. The summed E-state index contributed by atoms with van der Waals surface area (Å²) in [6.45, 7) is 4.87. The second-order valence-electron chi connectivity index (χ2n) is 6.11. The standard InChI is InChI=1S/C18H28N4O2/c1-14(13-24-3)21-18(19-2)20-11-15-7-4-5-8-16(15)12-22-10-6-9-17(22)23/h4-5,7-8,14H,6,9-13H2,1-3H3,(H2,19,20,21). The molecule has 24 heavy (non-hydrogen) atoms. The number of amides is 1. The highest BCUT2D eigenvalue weighted by molar-refractivity contribution is 5.80. The third-order valence-electron chi connectivity index (χ3n) is 4.12. The first-order valence-electron chi connectivity index (χ1n) is 8.44. The molecule has 2 N–H and O–H groups in total. The molecule has 6 nitrogen and oxygen atoms in total. The third kappa shape index (κ3) is 5.23. The molecule has 0 spiro atoms. The van der Waals surface area contributed by atoms with Gasteiger partial charge >= 0.3 is 0 Å². The molecule has 0 radical (unpaired) electrons.